The Kier molecular flexibility index (Phi) is 3.23. The zero-order valence-electron chi connectivity index (χ0n) is 8.83. The molecule has 0 saturated heterocycles. The molecule has 16 heavy (non-hydrogen) atoms. The average Bonchev–Trinajstić information content (AvgIpc) is 2.80. The molecule has 0 spiro atoms. The molecule has 0 aliphatic heterocycles. The fourth-order valence-electron chi connectivity index (χ4n) is 1.23. The third-order valence-corrected chi connectivity index (χ3v) is 2.00. The van der Waals surface area contributed by atoms with Gasteiger partial charge < -0.3 is 15.0 Å². The van der Waals surface area contributed by atoms with Crippen LogP contribution in [0.15, 0.2) is 28.9 Å². The van der Waals surface area contributed by atoms with E-state index < -0.39 is 0 Å². The molecule has 2 N–H and O–H groups in total. The highest BCUT2D eigenvalue weighted by Crippen LogP contribution is 2.15. The van der Waals surface area contributed by atoms with Gasteiger partial charge in [0.1, 0.15) is 5.69 Å². The fraction of sp³-hybridized carbons (Fsp3) is 0.300. The molecule has 0 radical (unpaired) electrons. The van der Waals surface area contributed by atoms with Crippen LogP contribution in [-0.2, 0) is 4.74 Å². The van der Waals surface area contributed by atoms with Crippen molar-refractivity contribution in [2.45, 2.75) is 6.04 Å². The van der Waals surface area contributed by atoms with Gasteiger partial charge in [0.25, 0.3) is 5.89 Å². The van der Waals surface area contributed by atoms with Gasteiger partial charge in [0.2, 0.25) is 0 Å². The molecule has 0 saturated carbocycles. The predicted molar refractivity (Wildman–Crippen MR) is 56.3 cm³/mol. The van der Waals surface area contributed by atoms with Crippen molar-refractivity contribution in [2.75, 3.05) is 13.7 Å². The lowest BCUT2D eigenvalue weighted by Crippen LogP contribution is -2.17. The number of aromatic nitrogens is 3. The van der Waals surface area contributed by atoms with Crippen LogP contribution in [0.25, 0.3) is 11.6 Å². The second-order valence-corrected chi connectivity index (χ2v) is 3.23. The lowest BCUT2D eigenvalue weighted by molar-refractivity contribution is 0.177. The van der Waals surface area contributed by atoms with Crippen molar-refractivity contribution in [1.29, 1.82) is 0 Å². The van der Waals surface area contributed by atoms with Crippen molar-refractivity contribution in [3.63, 3.8) is 0 Å². The number of nitrogens with two attached hydrogens (primary N) is 1. The molecular weight excluding hydrogens is 208 g/mol. The number of nitrogens with zero attached hydrogens (tertiary/aromatic N) is 3. The van der Waals surface area contributed by atoms with E-state index in [1.807, 2.05) is 12.1 Å². The molecule has 2 heterocycles. The van der Waals surface area contributed by atoms with Gasteiger partial charge in [0.15, 0.2) is 5.82 Å². The molecule has 1 atom stereocenters. The average molecular weight is 220 g/mol. The van der Waals surface area contributed by atoms with Gasteiger partial charge in [-0.05, 0) is 12.1 Å². The van der Waals surface area contributed by atoms with E-state index in [1.165, 1.54) is 0 Å². The molecule has 0 amide bonds. The van der Waals surface area contributed by atoms with Crippen molar-refractivity contribution in [3.05, 3.63) is 30.2 Å². The summed E-state index contributed by atoms with van der Waals surface area (Å²) in [4.78, 5) is 8.25. The van der Waals surface area contributed by atoms with Crippen LogP contribution in [0.5, 0.6) is 0 Å². The summed E-state index contributed by atoms with van der Waals surface area (Å²) < 4.78 is 9.97. The van der Waals surface area contributed by atoms with E-state index in [1.54, 1.807) is 19.4 Å². The normalized spacial score (nSPS) is 12.6. The maximum absolute atomic E-state index is 5.77. The monoisotopic (exact) mass is 220 g/mol. The summed E-state index contributed by atoms with van der Waals surface area (Å²) in [6.07, 6.45) is 1.66. The second-order valence-electron chi connectivity index (χ2n) is 3.23. The van der Waals surface area contributed by atoms with E-state index in [2.05, 4.69) is 15.1 Å². The minimum atomic E-state index is -0.383. The Morgan fingerprint density at radius 2 is 2.38 bits per heavy atom. The zero-order chi connectivity index (χ0) is 11.4. The van der Waals surface area contributed by atoms with E-state index in [9.17, 15) is 0 Å². The number of pyridine rings is 1. The van der Waals surface area contributed by atoms with Crippen molar-refractivity contribution in [3.8, 4) is 11.6 Å². The van der Waals surface area contributed by atoms with Gasteiger partial charge >= 0.3 is 0 Å². The van der Waals surface area contributed by atoms with E-state index in [-0.39, 0.29) is 6.04 Å². The second kappa shape index (κ2) is 4.82. The molecule has 0 aliphatic carbocycles. The highest BCUT2D eigenvalue weighted by atomic mass is 16.5. The lowest BCUT2D eigenvalue weighted by atomic mass is 10.3. The summed E-state index contributed by atoms with van der Waals surface area (Å²) in [5.74, 6) is 0.782. The Labute approximate surface area is 92.4 Å². The highest BCUT2D eigenvalue weighted by Gasteiger charge is 2.15. The van der Waals surface area contributed by atoms with Crippen molar-refractivity contribution < 1.29 is 9.26 Å². The lowest BCUT2D eigenvalue weighted by Gasteiger charge is -2.02. The third-order valence-electron chi connectivity index (χ3n) is 2.00. The quantitative estimate of drug-likeness (QED) is 0.819. The Bertz CT molecular complexity index is 443. The van der Waals surface area contributed by atoms with Crippen LogP contribution in [0.3, 0.4) is 0 Å². The van der Waals surface area contributed by atoms with Gasteiger partial charge in [-0.2, -0.15) is 4.98 Å². The molecule has 2 rings (SSSR count). The molecule has 2 aromatic heterocycles. The Hall–Kier alpha value is -1.79. The molecule has 0 bridgehead atoms. The topological polar surface area (TPSA) is 87.1 Å². The van der Waals surface area contributed by atoms with Gasteiger partial charge in [-0.15, -0.1) is 0 Å². The number of hydrogen-bond acceptors (Lipinski definition) is 6. The zero-order valence-corrected chi connectivity index (χ0v) is 8.83. The van der Waals surface area contributed by atoms with Gasteiger partial charge in [-0.25, -0.2) is 0 Å². The van der Waals surface area contributed by atoms with E-state index in [0.717, 1.165) is 0 Å². The van der Waals surface area contributed by atoms with Crippen LogP contribution >= 0.6 is 0 Å². The molecule has 0 fully saturated rings. The number of hydrogen-bond donors (Lipinski definition) is 1. The Morgan fingerprint density at radius 1 is 1.50 bits per heavy atom. The van der Waals surface area contributed by atoms with Gasteiger partial charge in [0.05, 0.1) is 12.6 Å². The van der Waals surface area contributed by atoms with E-state index in [4.69, 9.17) is 15.0 Å². The minimum Gasteiger partial charge on any atom is -0.383 e. The van der Waals surface area contributed by atoms with Crippen LogP contribution in [0.2, 0.25) is 0 Å². The largest absolute Gasteiger partial charge is 0.383 e. The number of ether oxygens (including phenoxy) is 1. The fourth-order valence-corrected chi connectivity index (χ4v) is 1.23. The van der Waals surface area contributed by atoms with Gasteiger partial charge in [-0.3, -0.25) is 4.98 Å². The van der Waals surface area contributed by atoms with Crippen molar-refractivity contribution in [1.82, 2.24) is 15.1 Å². The Balaban J connectivity index is 2.20. The summed E-state index contributed by atoms with van der Waals surface area (Å²) in [5, 5.41) is 3.78. The molecule has 6 heteroatoms. The first-order valence-corrected chi connectivity index (χ1v) is 4.81. The first kappa shape index (κ1) is 10.7. The van der Waals surface area contributed by atoms with E-state index >= 15 is 0 Å². The predicted octanol–water partition coefficient (Wildman–Crippen LogP) is 0.778. The third kappa shape index (κ3) is 2.23. The van der Waals surface area contributed by atoms with E-state index in [0.29, 0.717) is 24.0 Å². The summed E-state index contributed by atoms with van der Waals surface area (Å²) in [7, 11) is 1.57. The maximum atomic E-state index is 5.77. The van der Waals surface area contributed by atoms with Crippen LogP contribution < -0.4 is 5.73 Å². The molecule has 1 unspecified atom stereocenters. The summed E-state index contributed by atoms with van der Waals surface area (Å²) in [5.41, 5.74) is 6.40. The van der Waals surface area contributed by atoms with Gasteiger partial charge in [0, 0.05) is 13.3 Å². The first-order chi connectivity index (χ1) is 7.81. The van der Waals surface area contributed by atoms with Crippen LogP contribution in [0, 0.1) is 0 Å². The molecule has 0 aromatic carbocycles. The molecule has 6 nitrogen and oxygen atoms in total. The molecule has 0 aliphatic rings. The summed E-state index contributed by atoms with van der Waals surface area (Å²) in [6, 6.07) is 5.07. The smallest absolute Gasteiger partial charge is 0.276 e. The Morgan fingerprint density at radius 3 is 3.06 bits per heavy atom. The number of rotatable bonds is 4. The highest BCUT2D eigenvalue weighted by molar-refractivity contribution is 5.45. The molecule has 84 valence electrons. The summed E-state index contributed by atoms with van der Waals surface area (Å²) >= 11 is 0. The standard InChI is InChI=1S/C10H12N4O2/c1-15-6-7(11)9-13-10(16-14-9)8-4-2-3-5-12-8/h2-5,7H,6,11H2,1H3. The van der Waals surface area contributed by atoms with Crippen molar-refractivity contribution in [2.24, 2.45) is 5.73 Å². The number of methoxy groups -OCH3 is 1. The van der Waals surface area contributed by atoms with Crippen LogP contribution in [-0.4, -0.2) is 28.8 Å². The minimum absolute atomic E-state index is 0.348. The first-order valence-electron chi connectivity index (χ1n) is 4.81. The molecule has 2 aromatic rings. The molecular formula is C10H12N4O2. The van der Waals surface area contributed by atoms with Crippen molar-refractivity contribution >= 4 is 0 Å². The SMILES string of the molecule is COCC(N)c1noc(-c2ccccn2)n1. The van der Waals surface area contributed by atoms with Crippen LogP contribution in [0.4, 0.5) is 0 Å². The van der Waals surface area contributed by atoms with Gasteiger partial charge in [-0.1, -0.05) is 11.2 Å². The summed E-state index contributed by atoms with van der Waals surface area (Å²) in [6.45, 7) is 0.348. The maximum Gasteiger partial charge on any atom is 0.276 e. The van der Waals surface area contributed by atoms with Crippen LogP contribution in [0.1, 0.15) is 11.9 Å².